The molecule has 0 radical (unpaired) electrons. The lowest BCUT2D eigenvalue weighted by molar-refractivity contribution is 0.306. The summed E-state index contributed by atoms with van der Waals surface area (Å²) >= 11 is 2.06. The van der Waals surface area contributed by atoms with Crippen molar-refractivity contribution in [2.24, 2.45) is 4.99 Å². The molecule has 0 aromatic rings. The number of halogens is 1. The van der Waals surface area contributed by atoms with Crippen LogP contribution in [0.3, 0.4) is 0 Å². The lowest BCUT2D eigenvalue weighted by Crippen LogP contribution is -2.42. The molecule has 0 spiro atoms. The van der Waals surface area contributed by atoms with Crippen LogP contribution in [0.25, 0.3) is 0 Å². The highest BCUT2D eigenvalue weighted by Gasteiger charge is 2.24. The van der Waals surface area contributed by atoms with Gasteiger partial charge in [-0.25, -0.2) is 0 Å². The summed E-state index contributed by atoms with van der Waals surface area (Å²) in [6.45, 7) is 5.71. The first kappa shape index (κ1) is 18.3. The van der Waals surface area contributed by atoms with Crippen LogP contribution in [0, 0.1) is 0 Å². The van der Waals surface area contributed by atoms with E-state index >= 15 is 0 Å². The number of aliphatic hydroxyl groups is 1. The molecular weight excluding hydrogens is 361 g/mol. The van der Waals surface area contributed by atoms with Crippen molar-refractivity contribution in [1.82, 2.24) is 10.6 Å². The van der Waals surface area contributed by atoms with E-state index < -0.39 is 0 Å². The summed E-state index contributed by atoms with van der Waals surface area (Å²) in [6, 6.07) is 0.538. The Bertz CT molecular complexity index is 241. The maximum Gasteiger partial charge on any atom is 0.191 e. The second kappa shape index (κ2) is 11.2. The normalized spacial score (nSPS) is 23.6. The molecule has 2 unspecified atom stereocenters. The van der Waals surface area contributed by atoms with Gasteiger partial charge in [0.05, 0.1) is 13.2 Å². The van der Waals surface area contributed by atoms with E-state index in [0.29, 0.717) is 12.6 Å². The predicted octanol–water partition coefficient (Wildman–Crippen LogP) is 1.83. The van der Waals surface area contributed by atoms with Crippen molar-refractivity contribution in [1.29, 1.82) is 0 Å². The molecule has 1 aliphatic rings. The molecule has 0 aromatic carbocycles. The van der Waals surface area contributed by atoms with Gasteiger partial charge in [0.25, 0.3) is 0 Å². The first-order chi connectivity index (χ1) is 8.30. The third-order valence-electron chi connectivity index (χ3n) is 2.84. The Morgan fingerprint density at radius 3 is 2.78 bits per heavy atom. The van der Waals surface area contributed by atoms with Gasteiger partial charge in [0.2, 0.25) is 0 Å². The van der Waals surface area contributed by atoms with E-state index in [-0.39, 0.29) is 30.6 Å². The van der Waals surface area contributed by atoms with Crippen molar-refractivity contribution in [3.63, 3.8) is 0 Å². The number of thioether (sulfide) groups is 1. The first-order valence-corrected chi connectivity index (χ1v) is 7.62. The summed E-state index contributed by atoms with van der Waals surface area (Å²) in [5, 5.41) is 16.3. The molecular formula is C12H26IN3OS. The summed E-state index contributed by atoms with van der Waals surface area (Å²) in [5.41, 5.74) is 0. The van der Waals surface area contributed by atoms with Crippen LogP contribution < -0.4 is 10.6 Å². The largest absolute Gasteiger partial charge is 0.394 e. The SMILES string of the molecule is CCNC(=NCCO)NC1CCC(SCC)C1.I. The highest BCUT2D eigenvalue weighted by Crippen LogP contribution is 2.29. The lowest BCUT2D eigenvalue weighted by Gasteiger charge is -2.17. The Morgan fingerprint density at radius 1 is 1.39 bits per heavy atom. The number of rotatable bonds is 6. The van der Waals surface area contributed by atoms with Crippen molar-refractivity contribution >= 4 is 41.7 Å². The maximum atomic E-state index is 8.79. The minimum Gasteiger partial charge on any atom is -0.394 e. The number of nitrogens with one attached hydrogen (secondary N) is 2. The molecule has 1 rings (SSSR count). The van der Waals surface area contributed by atoms with Gasteiger partial charge in [-0.1, -0.05) is 6.92 Å². The van der Waals surface area contributed by atoms with Gasteiger partial charge in [-0.3, -0.25) is 4.99 Å². The number of aliphatic hydroxyl groups excluding tert-OH is 1. The fourth-order valence-corrected chi connectivity index (χ4v) is 3.28. The Labute approximate surface area is 132 Å². The van der Waals surface area contributed by atoms with Gasteiger partial charge in [-0.2, -0.15) is 11.8 Å². The Hall–Kier alpha value is 0.310. The van der Waals surface area contributed by atoms with Crippen LogP contribution in [0.2, 0.25) is 0 Å². The highest BCUT2D eigenvalue weighted by molar-refractivity contribution is 14.0. The quantitative estimate of drug-likeness (QED) is 0.370. The topological polar surface area (TPSA) is 56.7 Å². The third-order valence-corrected chi connectivity index (χ3v) is 4.07. The van der Waals surface area contributed by atoms with E-state index in [4.69, 9.17) is 5.11 Å². The molecule has 18 heavy (non-hydrogen) atoms. The molecule has 0 saturated heterocycles. The van der Waals surface area contributed by atoms with Crippen molar-refractivity contribution in [2.45, 2.75) is 44.4 Å². The number of guanidine groups is 1. The smallest absolute Gasteiger partial charge is 0.191 e. The molecule has 3 N–H and O–H groups in total. The van der Waals surface area contributed by atoms with Crippen LogP contribution in [0.15, 0.2) is 4.99 Å². The summed E-state index contributed by atoms with van der Waals surface area (Å²) < 4.78 is 0. The van der Waals surface area contributed by atoms with Crippen LogP contribution in [0.4, 0.5) is 0 Å². The van der Waals surface area contributed by atoms with Crippen LogP contribution in [0.1, 0.15) is 33.1 Å². The Kier molecular flexibility index (Phi) is 11.4. The van der Waals surface area contributed by atoms with Crippen molar-refractivity contribution < 1.29 is 5.11 Å². The standard InChI is InChI=1S/C12H25N3OS.HI/c1-3-13-12(14-7-8-16)15-10-5-6-11(9-10)17-4-2;/h10-11,16H,3-9H2,1-2H3,(H2,13,14,15);1H. The molecule has 0 aliphatic heterocycles. The molecule has 0 amide bonds. The summed E-state index contributed by atoms with van der Waals surface area (Å²) in [7, 11) is 0. The fraction of sp³-hybridized carbons (Fsp3) is 0.917. The molecule has 2 atom stereocenters. The molecule has 108 valence electrons. The Balaban J connectivity index is 0.00000289. The first-order valence-electron chi connectivity index (χ1n) is 6.57. The molecule has 1 fully saturated rings. The van der Waals surface area contributed by atoms with E-state index in [9.17, 15) is 0 Å². The Morgan fingerprint density at radius 2 is 2.17 bits per heavy atom. The van der Waals surface area contributed by atoms with E-state index in [1.54, 1.807) is 0 Å². The number of hydrogen-bond acceptors (Lipinski definition) is 3. The average molecular weight is 387 g/mol. The number of nitrogens with zero attached hydrogens (tertiary/aromatic N) is 1. The maximum absolute atomic E-state index is 8.79. The lowest BCUT2D eigenvalue weighted by atomic mass is 10.2. The van der Waals surface area contributed by atoms with Crippen LogP contribution in [0.5, 0.6) is 0 Å². The highest BCUT2D eigenvalue weighted by atomic mass is 127. The van der Waals surface area contributed by atoms with Crippen LogP contribution in [-0.4, -0.2) is 47.8 Å². The molecule has 4 nitrogen and oxygen atoms in total. The second-order valence-corrected chi connectivity index (χ2v) is 5.79. The van der Waals surface area contributed by atoms with Gasteiger partial charge in [0, 0.05) is 17.8 Å². The summed E-state index contributed by atoms with van der Waals surface area (Å²) in [5.74, 6) is 2.05. The second-order valence-electron chi connectivity index (χ2n) is 4.22. The molecule has 0 bridgehead atoms. The van der Waals surface area contributed by atoms with Gasteiger partial charge < -0.3 is 15.7 Å². The van der Waals surface area contributed by atoms with Crippen molar-refractivity contribution in [2.75, 3.05) is 25.4 Å². The van der Waals surface area contributed by atoms with E-state index in [1.165, 1.54) is 25.0 Å². The molecule has 1 saturated carbocycles. The predicted molar refractivity (Wildman–Crippen MR) is 91.2 cm³/mol. The van der Waals surface area contributed by atoms with Gasteiger partial charge >= 0.3 is 0 Å². The zero-order chi connectivity index (χ0) is 12.5. The van der Waals surface area contributed by atoms with Gasteiger partial charge in [0.15, 0.2) is 5.96 Å². The van der Waals surface area contributed by atoms with E-state index in [1.807, 2.05) is 0 Å². The summed E-state index contributed by atoms with van der Waals surface area (Å²) in [6.07, 6.45) is 3.75. The molecule has 1 aliphatic carbocycles. The van der Waals surface area contributed by atoms with E-state index in [0.717, 1.165) is 17.8 Å². The minimum atomic E-state index is 0. The fourth-order valence-electron chi connectivity index (χ4n) is 2.13. The molecule has 6 heteroatoms. The van der Waals surface area contributed by atoms with Gasteiger partial charge in [-0.15, -0.1) is 24.0 Å². The van der Waals surface area contributed by atoms with Gasteiger partial charge in [0.1, 0.15) is 0 Å². The monoisotopic (exact) mass is 387 g/mol. The molecule has 0 aromatic heterocycles. The zero-order valence-electron chi connectivity index (χ0n) is 11.3. The number of hydrogen-bond donors (Lipinski definition) is 3. The third kappa shape index (κ3) is 7.04. The number of aliphatic imine (C=N–C) groups is 1. The summed E-state index contributed by atoms with van der Waals surface area (Å²) in [4.78, 5) is 4.30. The van der Waals surface area contributed by atoms with Crippen LogP contribution in [-0.2, 0) is 0 Å². The molecule has 0 heterocycles. The minimum absolute atomic E-state index is 0. The van der Waals surface area contributed by atoms with Crippen LogP contribution >= 0.6 is 35.7 Å². The van der Waals surface area contributed by atoms with Crippen molar-refractivity contribution in [3.8, 4) is 0 Å². The zero-order valence-corrected chi connectivity index (χ0v) is 14.5. The van der Waals surface area contributed by atoms with E-state index in [2.05, 4.69) is 41.2 Å². The van der Waals surface area contributed by atoms with Gasteiger partial charge in [-0.05, 0) is 31.9 Å². The average Bonchev–Trinajstić information content (AvgIpc) is 2.74. The van der Waals surface area contributed by atoms with Crippen molar-refractivity contribution in [3.05, 3.63) is 0 Å².